The lowest BCUT2D eigenvalue weighted by Crippen LogP contribution is -2.53. The summed E-state index contributed by atoms with van der Waals surface area (Å²) in [6, 6.07) is 46.5. The molecule has 1 aromatic heterocycles. The lowest BCUT2D eigenvalue weighted by molar-refractivity contribution is -0.177. The van der Waals surface area contributed by atoms with Crippen LogP contribution in [0.4, 0.5) is 10.8 Å². The summed E-state index contributed by atoms with van der Waals surface area (Å²) >= 11 is 1.32. The number of cyclic esters (lactones) is 1. The van der Waals surface area contributed by atoms with Gasteiger partial charge in [-0.1, -0.05) is 138 Å². The number of fused-ring (bicyclic) bond motifs is 4. The highest BCUT2D eigenvalue weighted by Gasteiger charge is 2.74. The zero-order valence-corrected chi connectivity index (χ0v) is 34.5. The van der Waals surface area contributed by atoms with Gasteiger partial charge in [0.1, 0.15) is 23.3 Å². The Labute approximate surface area is 362 Å². The maximum atomic E-state index is 15.5. The van der Waals surface area contributed by atoms with Crippen molar-refractivity contribution in [2.75, 3.05) is 24.2 Å². The van der Waals surface area contributed by atoms with E-state index >= 15 is 14.4 Å². The molecule has 11 heteroatoms. The largest absolute Gasteiger partial charge is 0.508 e. The summed E-state index contributed by atoms with van der Waals surface area (Å²) in [5.41, 5.74) is 4.12. The Bertz CT molecular complexity index is 2850. The lowest BCUT2D eigenvalue weighted by Gasteiger charge is -2.46. The molecule has 0 unspecified atom stereocenters. The van der Waals surface area contributed by atoms with E-state index in [-0.39, 0.29) is 5.75 Å². The Morgan fingerprint density at radius 2 is 1.52 bits per heavy atom. The molecule has 0 saturated carbocycles. The van der Waals surface area contributed by atoms with Crippen molar-refractivity contribution < 1.29 is 24.2 Å². The number of aromatic nitrogens is 1. The van der Waals surface area contributed by atoms with Gasteiger partial charge in [0.05, 0.1) is 34.8 Å². The predicted octanol–water partition coefficient (Wildman–Crippen LogP) is 8.40. The molecular weight excluding hydrogens is 795 g/mol. The van der Waals surface area contributed by atoms with Crippen LogP contribution in [0.1, 0.15) is 51.6 Å². The molecular formula is C51H41N5O5S. The SMILES string of the molecule is CN(CC#Cc1ccc2c(c1)[C@]1(C(=O)N2)[C@H](C(=O)Nc2nc3ccccc3s2)[C@H]2C(=O)O[C@H](c3ccccc3)[C@H](c3ccccc3)N2[C@@H]1c1ccc(O)cc1)Cc1ccccc1. The monoisotopic (exact) mass is 835 g/mol. The molecule has 0 radical (unpaired) electrons. The average Bonchev–Trinajstić information content (AvgIpc) is 3.94. The topological polar surface area (TPSA) is 124 Å². The second-order valence-corrected chi connectivity index (χ2v) is 17.0. The van der Waals surface area contributed by atoms with Gasteiger partial charge in [-0.2, -0.15) is 0 Å². The van der Waals surface area contributed by atoms with E-state index in [1.165, 1.54) is 16.9 Å². The summed E-state index contributed by atoms with van der Waals surface area (Å²) < 4.78 is 7.41. The first kappa shape index (κ1) is 39.1. The van der Waals surface area contributed by atoms with Gasteiger partial charge in [-0.05, 0) is 77.3 Å². The van der Waals surface area contributed by atoms with Crippen molar-refractivity contribution in [3.63, 3.8) is 0 Å². The summed E-state index contributed by atoms with van der Waals surface area (Å²) in [6.07, 6.45) is -0.806. The lowest BCUT2D eigenvalue weighted by atomic mass is 9.65. The van der Waals surface area contributed by atoms with E-state index in [0.29, 0.717) is 39.6 Å². The number of carbonyl (C=O) groups is 3. The standard InChI is InChI=1S/C51H41N5O5S/c1-55(31-33-14-5-2-6-15-33)29-13-16-32-23-28-39-38(30-32)51(49(60)52-39)42(47(58)54-50-53-40-21-11-12-22-41(40)62-50)44-48(59)61-45(35-19-9-4-10-20-35)43(34-17-7-3-8-18-34)56(44)46(51)36-24-26-37(57)27-25-36/h2-12,14-15,17-28,30,42-46,57H,29,31H2,1H3,(H,52,60)(H,53,54,58)/t42-,43-,44-,45+,46+,51-/m0/s1. The molecule has 3 N–H and O–H groups in total. The van der Waals surface area contributed by atoms with E-state index in [1.807, 2.05) is 133 Å². The van der Waals surface area contributed by atoms with Crippen molar-refractivity contribution in [3.05, 3.63) is 191 Å². The molecule has 10 rings (SSSR count). The number of para-hydroxylation sites is 1. The Balaban J connectivity index is 1.17. The zero-order valence-electron chi connectivity index (χ0n) is 33.6. The number of ether oxygens (including phenoxy) is 1. The van der Waals surface area contributed by atoms with E-state index in [2.05, 4.69) is 39.5 Å². The van der Waals surface area contributed by atoms with Gasteiger partial charge in [0, 0.05) is 17.8 Å². The molecule has 4 heterocycles. The van der Waals surface area contributed by atoms with Gasteiger partial charge in [-0.25, -0.2) is 4.98 Å². The number of nitrogens with zero attached hydrogens (tertiary/aromatic N) is 3. The number of phenols is 1. The normalized spacial score (nSPS) is 22.7. The highest BCUT2D eigenvalue weighted by Crippen LogP contribution is 2.65. The number of thiazole rings is 1. The minimum Gasteiger partial charge on any atom is -0.508 e. The number of carbonyl (C=O) groups excluding carboxylic acids is 3. The summed E-state index contributed by atoms with van der Waals surface area (Å²) in [4.78, 5) is 54.9. The van der Waals surface area contributed by atoms with Crippen LogP contribution in [-0.2, 0) is 31.1 Å². The number of esters is 1. The van der Waals surface area contributed by atoms with Crippen LogP contribution in [0.5, 0.6) is 5.75 Å². The number of hydrogen-bond acceptors (Lipinski definition) is 9. The quantitative estimate of drug-likeness (QED) is 0.103. The summed E-state index contributed by atoms with van der Waals surface area (Å²) in [7, 11) is 2.01. The van der Waals surface area contributed by atoms with Crippen molar-refractivity contribution in [3.8, 4) is 17.6 Å². The van der Waals surface area contributed by atoms with Crippen LogP contribution in [0.3, 0.4) is 0 Å². The molecule has 0 bridgehead atoms. The fourth-order valence-electron chi connectivity index (χ4n) is 9.66. The Kier molecular flexibility index (Phi) is 10.1. The van der Waals surface area contributed by atoms with Gasteiger partial charge in [-0.15, -0.1) is 0 Å². The van der Waals surface area contributed by atoms with E-state index in [9.17, 15) is 5.11 Å². The Morgan fingerprint density at radius 3 is 2.24 bits per heavy atom. The van der Waals surface area contributed by atoms with Gasteiger partial charge >= 0.3 is 5.97 Å². The third-order valence-electron chi connectivity index (χ3n) is 12.2. The fraction of sp³-hybridized carbons (Fsp3) is 0.176. The van der Waals surface area contributed by atoms with E-state index in [1.54, 1.807) is 24.3 Å². The van der Waals surface area contributed by atoms with Crippen LogP contribution in [0.2, 0.25) is 0 Å². The molecule has 2 fully saturated rings. The second kappa shape index (κ2) is 16.1. The summed E-state index contributed by atoms with van der Waals surface area (Å²) in [5, 5.41) is 17.2. The molecule has 2 amide bonds. The molecule has 2 saturated heterocycles. The first-order chi connectivity index (χ1) is 30.3. The predicted molar refractivity (Wildman–Crippen MR) is 239 cm³/mol. The Hall–Kier alpha value is -7.10. The number of nitrogens with one attached hydrogen (secondary N) is 2. The second-order valence-electron chi connectivity index (χ2n) is 16.0. The van der Waals surface area contributed by atoms with Crippen molar-refractivity contribution in [1.82, 2.24) is 14.8 Å². The molecule has 0 aliphatic carbocycles. The van der Waals surface area contributed by atoms with Crippen LogP contribution in [0.25, 0.3) is 10.2 Å². The van der Waals surface area contributed by atoms with Gasteiger partial charge < -0.3 is 20.5 Å². The number of phenolic OH excluding ortho intramolecular Hbond substituents is 1. The molecule has 3 aliphatic heterocycles. The first-order valence-corrected chi connectivity index (χ1v) is 21.3. The number of anilines is 2. The highest BCUT2D eigenvalue weighted by molar-refractivity contribution is 7.22. The van der Waals surface area contributed by atoms with Crippen LogP contribution < -0.4 is 10.6 Å². The highest BCUT2D eigenvalue weighted by atomic mass is 32.1. The molecule has 62 heavy (non-hydrogen) atoms. The molecule has 306 valence electrons. The van der Waals surface area contributed by atoms with Crippen molar-refractivity contribution in [2.24, 2.45) is 5.92 Å². The zero-order chi connectivity index (χ0) is 42.4. The van der Waals surface area contributed by atoms with Crippen molar-refractivity contribution >= 4 is 50.2 Å². The molecule has 6 atom stereocenters. The van der Waals surface area contributed by atoms with Crippen LogP contribution in [0.15, 0.2) is 158 Å². The van der Waals surface area contributed by atoms with Gasteiger partial charge in [0.25, 0.3) is 0 Å². The third kappa shape index (κ3) is 6.79. The maximum absolute atomic E-state index is 15.5. The van der Waals surface area contributed by atoms with Gasteiger partial charge in [0.2, 0.25) is 11.8 Å². The van der Waals surface area contributed by atoms with Crippen LogP contribution in [-0.4, -0.2) is 57.3 Å². The molecule has 10 nitrogen and oxygen atoms in total. The van der Waals surface area contributed by atoms with Crippen molar-refractivity contribution in [1.29, 1.82) is 0 Å². The Morgan fingerprint density at radius 1 is 0.839 bits per heavy atom. The molecule has 1 spiro atoms. The number of morpholine rings is 1. The third-order valence-corrected chi connectivity index (χ3v) is 13.2. The minimum absolute atomic E-state index is 0.0355. The maximum Gasteiger partial charge on any atom is 0.324 e. The van der Waals surface area contributed by atoms with E-state index in [4.69, 9.17) is 9.72 Å². The average molecular weight is 836 g/mol. The fourth-order valence-corrected chi connectivity index (χ4v) is 10.5. The van der Waals surface area contributed by atoms with Crippen LogP contribution in [0, 0.1) is 17.8 Å². The number of aromatic hydroxyl groups is 1. The molecule has 6 aromatic carbocycles. The van der Waals surface area contributed by atoms with E-state index < -0.39 is 53.3 Å². The molecule has 3 aliphatic rings. The summed E-state index contributed by atoms with van der Waals surface area (Å²) in [5.74, 6) is 3.73. The summed E-state index contributed by atoms with van der Waals surface area (Å²) in [6.45, 7) is 1.21. The number of rotatable bonds is 8. The first-order valence-electron chi connectivity index (χ1n) is 20.5. The number of hydrogen-bond donors (Lipinski definition) is 3. The van der Waals surface area contributed by atoms with Gasteiger partial charge in [0.15, 0.2) is 5.13 Å². The smallest absolute Gasteiger partial charge is 0.324 e. The van der Waals surface area contributed by atoms with E-state index in [0.717, 1.165) is 22.4 Å². The van der Waals surface area contributed by atoms with Gasteiger partial charge in [-0.3, -0.25) is 24.2 Å². The minimum atomic E-state index is -1.71. The van der Waals surface area contributed by atoms with Crippen LogP contribution >= 0.6 is 11.3 Å². The molecule has 7 aromatic rings. The number of amides is 2. The van der Waals surface area contributed by atoms with Crippen molar-refractivity contribution in [2.45, 2.75) is 36.2 Å². The number of benzene rings is 6.